The molecule has 29 heavy (non-hydrogen) atoms. The Bertz CT molecular complexity index is 1180. The largest absolute Gasteiger partial charge is 0.416 e. The lowest BCUT2D eigenvalue weighted by molar-refractivity contribution is -0.384. The highest BCUT2D eigenvalue weighted by molar-refractivity contribution is 5.62. The van der Waals surface area contributed by atoms with Crippen molar-refractivity contribution in [3.05, 3.63) is 97.8 Å². The number of hydrogen-bond acceptors (Lipinski definition) is 4. The van der Waals surface area contributed by atoms with Crippen LogP contribution in [0, 0.1) is 21.4 Å². The summed E-state index contributed by atoms with van der Waals surface area (Å²) in [5.41, 5.74) is -0.968. The van der Waals surface area contributed by atoms with Gasteiger partial charge in [0.1, 0.15) is 11.6 Å². The van der Waals surface area contributed by atoms with Gasteiger partial charge in [-0.15, -0.1) is 0 Å². The van der Waals surface area contributed by atoms with Crippen molar-refractivity contribution in [1.82, 2.24) is 4.57 Å². The zero-order valence-corrected chi connectivity index (χ0v) is 14.7. The van der Waals surface area contributed by atoms with Gasteiger partial charge in [0.2, 0.25) is 0 Å². The molecule has 6 nitrogen and oxygen atoms in total. The number of alkyl halides is 3. The Labute approximate surface area is 162 Å². The molecule has 0 saturated heterocycles. The predicted octanol–water partition coefficient (Wildman–Crippen LogP) is 4.36. The fourth-order valence-electron chi connectivity index (χ4n) is 2.83. The first-order chi connectivity index (χ1) is 13.7. The molecule has 0 aliphatic heterocycles. The Morgan fingerprint density at radius 2 is 1.76 bits per heavy atom. The van der Waals surface area contributed by atoms with E-state index in [1.54, 1.807) is 6.07 Å². The molecule has 0 aliphatic carbocycles. The number of hydrogen-bond donors (Lipinski definition) is 0. The third kappa shape index (κ3) is 4.16. The Kier molecular flexibility index (Phi) is 5.19. The second-order valence-corrected chi connectivity index (χ2v) is 6.14. The van der Waals surface area contributed by atoms with E-state index in [0.717, 1.165) is 12.1 Å². The van der Waals surface area contributed by atoms with Crippen LogP contribution >= 0.6 is 0 Å². The quantitative estimate of drug-likeness (QED) is 0.482. The molecule has 0 atom stereocenters. The highest BCUT2D eigenvalue weighted by atomic mass is 19.4. The minimum absolute atomic E-state index is 0.0715. The first kappa shape index (κ1) is 19.8. The summed E-state index contributed by atoms with van der Waals surface area (Å²) in [7, 11) is 0. The number of nitrogens with zero attached hydrogens (tertiary/aromatic N) is 3. The number of nitriles is 1. The molecule has 0 fully saturated rings. The van der Waals surface area contributed by atoms with Crippen LogP contribution in [0.2, 0.25) is 0 Å². The average molecular weight is 399 g/mol. The SMILES string of the molecule is N#Cc1ccc(-c2cccc(C(F)(F)F)c2)n(Cc2ccc([N+](=O)[O-])cc2)c1=O. The second-order valence-electron chi connectivity index (χ2n) is 6.14. The Morgan fingerprint density at radius 3 is 2.34 bits per heavy atom. The van der Waals surface area contributed by atoms with Crippen molar-refractivity contribution in [1.29, 1.82) is 5.26 Å². The number of nitro groups is 1. The van der Waals surface area contributed by atoms with E-state index < -0.39 is 22.2 Å². The normalized spacial score (nSPS) is 11.1. The average Bonchev–Trinajstić information content (AvgIpc) is 2.69. The van der Waals surface area contributed by atoms with Gasteiger partial charge >= 0.3 is 6.18 Å². The van der Waals surface area contributed by atoms with Crippen LogP contribution in [0.25, 0.3) is 11.3 Å². The van der Waals surface area contributed by atoms with Gasteiger partial charge in [0.15, 0.2) is 0 Å². The van der Waals surface area contributed by atoms with Crippen LogP contribution in [0.4, 0.5) is 18.9 Å². The smallest absolute Gasteiger partial charge is 0.303 e. The maximum Gasteiger partial charge on any atom is 0.416 e. The summed E-state index contributed by atoms with van der Waals surface area (Å²) in [4.78, 5) is 22.9. The van der Waals surface area contributed by atoms with Crippen molar-refractivity contribution in [2.75, 3.05) is 0 Å². The maximum absolute atomic E-state index is 13.1. The molecule has 3 aromatic rings. The third-order valence-corrected chi connectivity index (χ3v) is 4.27. The maximum atomic E-state index is 13.1. The van der Waals surface area contributed by atoms with Gasteiger partial charge in [-0.05, 0) is 35.4 Å². The first-order valence-electron chi connectivity index (χ1n) is 8.25. The number of aromatic nitrogens is 1. The van der Waals surface area contributed by atoms with Gasteiger partial charge in [-0.2, -0.15) is 18.4 Å². The fourth-order valence-corrected chi connectivity index (χ4v) is 2.83. The molecule has 0 spiro atoms. The number of halogens is 3. The number of non-ortho nitro benzene ring substituents is 1. The zero-order chi connectivity index (χ0) is 21.2. The van der Waals surface area contributed by atoms with E-state index in [9.17, 15) is 28.1 Å². The van der Waals surface area contributed by atoms with E-state index in [2.05, 4.69) is 0 Å². The van der Waals surface area contributed by atoms with Crippen molar-refractivity contribution < 1.29 is 18.1 Å². The molecule has 0 unspecified atom stereocenters. The van der Waals surface area contributed by atoms with E-state index in [1.807, 2.05) is 0 Å². The van der Waals surface area contributed by atoms with Gasteiger partial charge in [0.05, 0.1) is 22.7 Å². The summed E-state index contributed by atoms with van der Waals surface area (Å²) >= 11 is 0. The van der Waals surface area contributed by atoms with Crippen LogP contribution < -0.4 is 5.56 Å². The van der Waals surface area contributed by atoms with Crippen molar-refractivity contribution in [3.63, 3.8) is 0 Å². The summed E-state index contributed by atoms with van der Waals surface area (Å²) in [5, 5.41) is 19.9. The van der Waals surface area contributed by atoms with Crippen LogP contribution in [-0.2, 0) is 12.7 Å². The van der Waals surface area contributed by atoms with Crippen LogP contribution in [0.5, 0.6) is 0 Å². The minimum atomic E-state index is -4.55. The molecule has 0 N–H and O–H groups in total. The fraction of sp³-hybridized carbons (Fsp3) is 0.100. The number of rotatable bonds is 4. The topological polar surface area (TPSA) is 88.9 Å². The van der Waals surface area contributed by atoms with Crippen LogP contribution in [0.3, 0.4) is 0 Å². The molecule has 0 radical (unpaired) electrons. The number of benzene rings is 2. The first-order valence-corrected chi connectivity index (χ1v) is 8.25. The van der Waals surface area contributed by atoms with E-state index in [-0.39, 0.29) is 29.1 Å². The molecule has 3 rings (SSSR count). The number of nitro benzene ring substituents is 1. The molecule has 1 aromatic heterocycles. The Hall–Kier alpha value is -3.93. The van der Waals surface area contributed by atoms with Gasteiger partial charge in [-0.1, -0.05) is 24.3 Å². The molecule has 0 saturated carbocycles. The predicted molar refractivity (Wildman–Crippen MR) is 98.1 cm³/mol. The second kappa shape index (κ2) is 7.59. The van der Waals surface area contributed by atoms with Gasteiger partial charge in [0, 0.05) is 12.1 Å². The summed E-state index contributed by atoms with van der Waals surface area (Å²) in [6, 6.07) is 14.3. The summed E-state index contributed by atoms with van der Waals surface area (Å²) in [6.45, 7) is -0.0715. The van der Waals surface area contributed by atoms with Gasteiger partial charge in [0.25, 0.3) is 11.2 Å². The van der Waals surface area contributed by atoms with Crippen LogP contribution in [0.1, 0.15) is 16.7 Å². The zero-order valence-electron chi connectivity index (χ0n) is 14.7. The van der Waals surface area contributed by atoms with Crippen molar-refractivity contribution in [3.8, 4) is 17.3 Å². The van der Waals surface area contributed by atoms with E-state index >= 15 is 0 Å². The van der Waals surface area contributed by atoms with Gasteiger partial charge in [-0.25, -0.2) is 0 Å². The summed E-state index contributed by atoms with van der Waals surface area (Å²) < 4.78 is 40.4. The van der Waals surface area contributed by atoms with Crippen LogP contribution in [0.15, 0.2) is 65.5 Å². The monoisotopic (exact) mass is 399 g/mol. The lowest BCUT2D eigenvalue weighted by Gasteiger charge is -2.15. The lowest BCUT2D eigenvalue weighted by atomic mass is 10.1. The lowest BCUT2D eigenvalue weighted by Crippen LogP contribution is -2.24. The molecule has 0 aliphatic rings. The van der Waals surface area contributed by atoms with Crippen molar-refractivity contribution in [2.24, 2.45) is 0 Å². The molecular formula is C20H12F3N3O3. The Balaban J connectivity index is 2.12. The van der Waals surface area contributed by atoms with Crippen molar-refractivity contribution in [2.45, 2.75) is 12.7 Å². The van der Waals surface area contributed by atoms with Gasteiger partial charge in [-0.3, -0.25) is 14.9 Å². The van der Waals surface area contributed by atoms with E-state index in [4.69, 9.17) is 5.26 Å². The standard InChI is InChI=1S/C20H12F3N3O3/c21-20(22,23)16-3-1-2-14(10-16)18-9-6-15(11-24)19(27)25(18)12-13-4-7-17(8-5-13)26(28)29/h1-10H,12H2. The molecular weight excluding hydrogens is 387 g/mol. The van der Waals surface area contributed by atoms with Crippen LogP contribution in [-0.4, -0.2) is 9.49 Å². The summed E-state index contributed by atoms with van der Waals surface area (Å²) in [5.74, 6) is 0. The molecule has 2 aromatic carbocycles. The Morgan fingerprint density at radius 1 is 1.07 bits per heavy atom. The molecule has 0 bridgehead atoms. The van der Waals surface area contributed by atoms with Crippen molar-refractivity contribution >= 4 is 5.69 Å². The molecule has 0 amide bonds. The van der Waals surface area contributed by atoms with Gasteiger partial charge < -0.3 is 4.57 Å². The number of pyridine rings is 1. The molecule has 1 heterocycles. The third-order valence-electron chi connectivity index (χ3n) is 4.27. The molecule has 146 valence electrons. The minimum Gasteiger partial charge on any atom is -0.303 e. The molecule has 9 heteroatoms. The van der Waals surface area contributed by atoms with E-state index in [0.29, 0.717) is 5.56 Å². The highest BCUT2D eigenvalue weighted by Gasteiger charge is 2.30. The summed E-state index contributed by atoms with van der Waals surface area (Å²) in [6.07, 6.45) is -4.55. The van der Waals surface area contributed by atoms with E-state index in [1.165, 1.54) is 53.1 Å². The highest BCUT2D eigenvalue weighted by Crippen LogP contribution is 2.32.